The van der Waals surface area contributed by atoms with Gasteiger partial charge in [-0.2, -0.15) is 0 Å². The molecule has 0 spiro atoms. The molecule has 1 fully saturated rings. The van der Waals surface area contributed by atoms with E-state index in [1.807, 2.05) is 18.7 Å². The average molecular weight is 269 g/mol. The minimum Gasteiger partial charge on any atom is -0.328 e. The fourth-order valence-corrected chi connectivity index (χ4v) is 2.65. The average Bonchev–Trinajstić information content (AvgIpc) is 2.45. The predicted molar refractivity (Wildman–Crippen MR) is 70.8 cm³/mol. The number of nitrogens with zero attached hydrogens (tertiary/aromatic N) is 3. The van der Waals surface area contributed by atoms with Gasteiger partial charge in [0.25, 0.3) is 0 Å². The van der Waals surface area contributed by atoms with Gasteiger partial charge < -0.3 is 5.73 Å². The van der Waals surface area contributed by atoms with Gasteiger partial charge in [0.2, 0.25) is 5.91 Å². The van der Waals surface area contributed by atoms with Crippen LogP contribution in [0.25, 0.3) is 0 Å². The van der Waals surface area contributed by atoms with E-state index in [0.717, 1.165) is 24.2 Å². The lowest BCUT2D eigenvalue weighted by atomic mass is 9.85. The molecule has 1 aromatic rings. The topological polar surface area (TPSA) is 72.1 Å². The Bertz CT molecular complexity index is 485. The zero-order chi connectivity index (χ0) is 12.2. The molecule has 2 heterocycles. The van der Waals surface area contributed by atoms with Crippen LogP contribution < -0.4 is 10.6 Å². The van der Waals surface area contributed by atoms with Gasteiger partial charge >= 0.3 is 0 Å². The van der Waals surface area contributed by atoms with Crippen molar-refractivity contribution in [2.45, 2.75) is 44.2 Å². The Morgan fingerprint density at radius 1 is 1.44 bits per heavy atom. The monoisotopic (exact) mass is 268 g/mol. The predicted octanol–water partition coefficient (Wildman–Crippen LogP) is 1.01. The standard InChI is InChI=1S/C12H16N4O.ClH/c1-12(2)9-5-14-6-15-10(9)16(11(12)17)8-3-7(13)4-8;/h5-8H,3-4,13H2,1-2H3;1H/t7-,8-;. The first-order valence-electron chi connectivity index (χ1n) is 5.91. The van der Waals surface area contributed by atoms with E-state index in [-0.39, 0.29) is 30.4 Å². The highest BCUT2D eigenvalue weighted by Gasteiger charge is 2.49. The van der Waals surface area contributed by atoms with Crippen molar-refractivity contribution in [2.24, 2.45) is 5.73 Å². The zero-order valence-electron chi connectivity index (χ0n) is 10.5. The Kier molecular flexibility index (Phi) is 3.07. The summed E-state index contributed by atoms with van der Waals surface area (Å²) in [5.41, 5.74) is 6.20. The molecule has 0 bridgehead atoms. The lowest BCUT2D eigenvalue weighted by molar-refractivity contribution is -0.122. The molecule has 3 rings (SSSR count). The van der Waals surface area contributed by atoms with Crippen molar-refractivity contribution >= 4 is 24.1 Å². The molecule has 0 radical (unpaired) electrons. The number of hydrogen-bond acceptors (Lipinski definition) is 4. The van der Waals surface area contributed by atoms with Crippen molar-refractivity contribution in [3.63, 3.8) is 0 Å². The van der Waals surface area contributed by atoms with E-state index in [1.54, 1.807) is 6.20 Å². The molecule has 5 nitrogen and oxygen atoms in total. The van der Waals surface area contributed by atoms with Gasteiger partial charge in [-0.15, -0.1) is 12.4 Å². The van der Waals surface area contributed by atoms with Gasteiger partial charge in [-0.1, -0.05) is 0 Å². The van der Waals surface area contributed by atoms with Gasteiger partial charge in [-0.05, 0) is 26.7 Å². The Morgan fingerprint density at radius 2 is 2.11 bits per heavy atom. The molecule has 1 amide bonds. The summed E-state index contributed by atoms with van der Waals surface area (Å²) < 4.78 is 0. The van der Waals surface area contributed by atoms with E-state index in [0.29, 0.717) is 0 Å². The summed E-state index contributed by atoms with van der Waals surface area (Å²) in [4.78, 5) is 22.6. The maximum Gasteiger partial charge on any atom is 0.238 e. The molecular formula is C12H17ClN4O. The van der Waals surface area contributed by atoms with Crippen LogP contribution in [-0.4, -0.2) is 28.0 Å². The Labute approximate surface area is 112 Å². The van der Waals surface area contributed by atoms with Crippen molar-refractivity contribution in [1.29, 1.82) is 0 Å². The van der Waals surface area contributed by atoms with E-state index in [1.165, 1.54) is 6.33 Å². The lowest BCUT2D eigenvalue weighted by Crippen LogP contribution is -2.53. The quantitative estimate of drug-likeness (QED) is 0.825. The first kappa shape index (κ1) is 13.2. The van der Waals surface area contributed by atoms with Crippen molar-refractivity contribution in [1.82, 2.24) is 9.97 Å². The highest BCUT2D eigenvalue weighted by molar-refractivity contribution is 6.06. The molecule has 1 aromatic heterocycles. The first-order chi connectivity index (χ1) is 8.01. The van der Waals surface area contributed by atoms with Crippen molar-refractivity contribution < 1.29 is 4.79 Å². The van der Waals surface area contributed by atoms with Crippen LogP contribution >= 0.6 is 12.4 Å². The summed E-state index contributed by atoms with van der Waals surface area (Å²) in [5, 5.41) is 0. The number of carbonyl (C=O) groups excluding carboxylic acids is 1. The Morgan fingerprint density at radius 3 is 2.72 bits per heavy atom. The second-order valence-electron chi connectivity index (χ2n) is 5.45. The molecule has 0 atom stereocenters. The number of anilines is 1. The van der Waals surface area contributed by atoms with Crippen LogP contribution in [-0.2, 0) is 10.2 Å². The van der Waals surface area contributed by atoms with Crippen molar-refractivity contribution in [3.8, 4) is 0 Å². The third-order valence-corrected chi connectivity index (χ3v) is 3.86. The molecule has 2 aliphatic rings. The summed E-state index contributed by atoms with van der Waals surface area (Å²) >= 11 is 0. The number of nitrogens with two attached hydrogens (primary N) is 1. The van der Waals surface area contributed by atoms with Crippen molar-refractivity contribution in [2.75, 3.05) is 4.90 Å². The SMILES string of the molecule is CC1(C)C(=O)N([C@H]2C[C@H](N)C2)c2ncncc21.Cl. The number of fused-ring (bicyclic) bond motifs is 1. The molecule has 2 N–H and O–H groups in total. The molecule has 1 aliphatic carbocycles. The maximum absolute atomic E-state index is 12.4. The highest BCUT2D eigenvalue weighted by Crippen LogP contribution is 2.43. The summed E-state index contributed by atoms with van der Waals surface area (Å²) in [5.74, 6) is 0.886. The van der Waals surface area contributed by atoms with E-state index in [4.69, 9.17) is 5.73 Å². The highest BCUT2D eigenvalue weighted by atomic mass is 35.5. The number of carbonyl (C=O) groups is 1. The summed E-state index contributed by atoms with van der Waals surface area (Å²) in [6.45, 7) is 3.85. The van der Waals surface area contributed by atoms with Gasteiger partial charge in [0.1, 0.15) is 12.1 Å². The van der Waals surface area contributed by atoms with Gasteiger partial charge in [0.15, 0.2) is 0 Å². The summed E-state index contributed by atoms with van der Waals surface area (Å²) in [7, 11) is 0. The molecule has 18 heavy (non-hydrogen) atoms. The van der Waals surface area contributed by atoms with Crippen LogP contribution in [0.5, 0.6) is 0 Å². The largest absolute Gasteiger partial charge is 0.328 e. The van der Waals surface area contributed by atoms with Crippen LogP contribution in [0.2, 0.25) is 0 Å². The zero-order valence-corrected chi connectivity index (χ0v) is 11.3. The first-order valence-corrected chi connectivity index (χ1v) is 5.91. The minimum atomic E-state index is -0.518. The molecular weight excluding hydrogens is 252 g/mol. The van der Waals surface area contributed by atoms with E-state index >= 15 is 0 Å². The van der Waals surface area contributed by atoms with Crippen LogP contribution in [0.3, 0.4) is 0 Å². The Balaban J connectivity index is 0.00000120. The minimum absolute atomic E-state index is 0. The molecule has 1 saturated carbocycles. The molecule has 6 heteroatoms. The molecule has 0 saturated heterocycles. The number of amides is 1. The smallest absolute Gasteiger partial charge is 0.238 e. The van der Waals surface area contributed by atoms with E-state index in [9.17, 15) is 4.79 Å². The van der Waals surface area contributed by atoms with E-state index < -0.39 is 5.41 Å². The second-order valence-corrected chi connectivity index (χ2v) is 5.45. The lowest BCUT2D eigenvalue weighted by Gasteiger charge is -2.39. The third-order valence-electron chi connectivity index (χ3n) is 3.86. The summed E-state index contributed by atoms with van der Waals surface area (Å²) in [6.07, 6.45) is 4.98. The number of aromatic nitrogens is 2. The summed E-state index contributed by atoms with van der Waals surface area (Å²) in [6, 6.07) is 0.440. The Hall–Kier alpha value is -1.20. The molecule has 0 aromatic carbocycles. The van der Waals surface area contributed by atoms with E-state index in [2.05, 4.69) is 9.97 Å². The van der Waals surface area contributed by atoms with Gasteiger partial charge in [0.05, 0.1) is 5.41 Å². The van der Waals surface area contributed by atoms with Gasteiger partial charge in [-0.25, -0.2) is 9.97 Å². The van der Waals surface area contributed by atoms with Gasteiger partial charge in [-0.3, -0.25) is 9.69 Å². The maximum atomic E-state index is 12.4. The fraction of sp³-hybridized carbons (Fsp3) is 0.583. The second kappa shape index (κ2) is 4.17. The third kappa shape index (κ3) is 1.61. The van der Waals surface area contributed by atoms with Crippen LogP contribution in [0.15, 0.2) is 12.5 Å². The molecule has 0 unspecified atom stereocenters. The van der Waals surface area contributed by atoms with Crippen LogP contribution in [0.4, 0.5) is 5.82 Å². The van der Waals surface area contributed by atoms with Crippen LogP contribution in [0.1, 0.15) is 32.3 Å². The number of rotatable bonds is 1. The fourth-order valence-electron chi connectivity index (χ4n) is 2.65. The van der Waals surface area contributed by atoms with Gasteiger partial charge in [0, 0.05) is 23.8 Å². The number of hydrogen-bond donors (Lipinski definition) is 1. The van der Waals surface area contributed by atoms with Crippen LogP contribution in [0, 0.1) is 0 Å². The molecule has 98 valence electrons. The normalized spacial score (nSPS) is 28.4. The van der Waals surface area contributed by atoms with Crippen molar-refractivity contribution in [3.05, 3.63) is 18.1 Å². The number of halogens is 1. The molecule has 1 aliphatic heterocycles.